The molecular weight excluding hydrogens is 272 g/mol. The van der Waals surface area contributed by atoms with Gasteiger partial charge in [-0.2, -0.15) is 0 Å². The van der Waals surface area contributed by atoms with E-state index in [0.29, 0.717) is 26.0 Å². The number of benzene rings is 1. The van der Waals surface area contributed by atoms with Gasteiger partial charge in [-0.3, -0.25) is 4.79 Å². The van der Waals surface area contributed by atoms with Crippen LogP contribution in [0.15, 0.2) is 30.3 Å². The van der Waals surface area contributed by atoms with Gasteiger partial charge in [0.25, 0.3) is 0 Å². The van der Waals surface area contributed by atoms with E-state index < -0.39 is 18.1 Å². The Balaban J connectivity index is 2.09. The number of rotatable bonds is 8. The highest BCUT2D eigenvalue weighted by Crippen LogP contribution is 2.01. The first kappa shape index (κ1) is 17.0. The van der Waals surface area contributed by atoms with Crippen LogP contribution in [0.1, 0.15) is 25.3 Å². The van der Waals surface area contributed by atoms with Crippen molar-refractivity contribution >= 4 is 12.1 Å². The summed E-state index contributed by atoms with van der Waals surface area (Å²) in [7, 11) is 0. The largest absolute Gasteiger partial charge is 0.465 e. The van der Waals surface area contributed by atoms with Crippen molar-refractivity contribution in [2.45, 2.75) is 32.4 Å². The molecule has 1 aromatic carbocycles. The van der Waals surface area contributed by atoms with Gasteiger partial charge in [0.15, 0.2) is 0 Å². The van der Waals surface area contributed by atoms with Gasteiger partial charge in [-0.05, 0) is 25.3 Å². The smallest absolute Gasteiger partial charge is 0.407 e. The van der Waals surface area contributed by atoms with Crippen LogP contribution >= 0.6 is 0 Å². The number of carbonyl (C=O) groups is 2. The second-order valence-corrected chi connectivity index (χ2v) is 4.49. The first-order valence-corrected chi connectivity index (χ1v) is 7.00. The van der Waals surface area contributed by atoms with Gasteiger partial charge in [0.2, 0.25) is 0 Å². The summed E-state index contributed by atoms with van der Waals surface area (Å²) in [4.78, 5) is 22.7. The van der Waals surface area contributed by atoms with Crippen molar-refractivity contribution in [3.05, 3.63) is 35.9 Å². The molecule has 1 rings (SSSR count). The minimum Gasteiger partial charge on any atom is -0.465 e. The molecule has 6 nitrogen and oxygen atoms in total. The minimum absolute atomic E-state index is 0.231. The number of alkyl carbamates (subject to hydrolysis) is 1. The van der Waals surface area contributed by atoms with Gasteiger partial charge >= 0.3 is 12.1 Å². The first-order valence-electron chi connectivity index (χ1n) is 7.00. The fourth-order valence-corrected chi connectivity index (χ4v) is 1.65. The van der Waals surface area contributed by atoms with Crippen LogP contribution < -0.4 is 11.1 Å². The maximum absolute atomic E-state index is 11.4. The van der Waals surface area contributed by atoms with Gasteiger partial charge in [0, 0.05) is 6.54 Å². The van der Waals surface area contributed by atoms with Crippen LogP contribution in [0.25, 0.3) is 0 Å². The summed E-state index contributed by atoms with van der Waals surface area (Å²) in [6.07, 6.45) is 0.557. The predicted molar refractivity (Wildman–Crippen MR) is 78.5 cm³/mol. The van der Waals surface area contributed by atoms with Gasteiger partial charge < -0.3 is 20.5 Å². The van der Waals surface area contributed by atoms with Crippen molar-refractivity contribution < 1.29 is 19.1 Å². The van der Waals surface area contributed by atoms with Crippen molar-refractivity contribution in [2.75, 3.05) is 13.2 Å². The van der Waals surface area contributed by atoms with Gasteiger partial charge in [0.05, 0.1) is 6.61 Å². The van der Waals surface area contributed by atoms with E-state index >= 15 is 0 Å². The van der Waals surface area contributed by atoms with Crippen molar-refractivity contribution in [2.24, 2.45) is 5.73 Å². The predicted octanol–water partition coefficient (Wildman–Crippen LogP) is 1.58. The zero-order chi connectivity index (χ0) is 15.5. The lowest BCUT2D eigenvalue weighted by molar-refractivity contribution is -0.144. The summed E-state index contributed by atoms with van der Waals surface area (Å²) in [6, 6.07) is 8.78. The third-order valence-electron chi connectivity index (χ3n) is 2.76. The van der Waals surface area contributed by atoms with E-state index in [0.717, 1.165) is 5.56 Å². The van der Waals surface area contributed by atoms with Crippen LogP contribution in [0.2, 0.25) is 0 Å². The fraction of sp³-hybridized carbons (Fsp3) is 0.467. The van der Waals surface area contributed by atoms with E-state index in [1.807, 2.05) is 30.3 Å². The molecule has 21 heavy (non-hydrogen) atoms. The number of nitrogens with one attached hydrogen (secondary N) is 1. The quantitative estimate of drug-likeness (QED) is 0.561. The monoisotopic (exact) mass is 294 g/mol. The number of nitrogens with two attached hydrogens (primary N) is 1. The van der Waals surface area contributed by atoms with Gasteiger partial charge in [-0.25, -0.2) is 4.79 Å². The molecule has 0 radical (unpaired) electrons. The number of hydrogen-bond acceptors (Lipinski definition) is 5. The van der Waals surface area contributed by atoms with Crippen molar-refractivity contribution in [3.63, 3.8) is 0 Å². The SMILES string of the molecule is CCOC(=O)C(N)CCCNC(=O)OCc1ccccc1. The fourth-order valence-electron chi connectivity index (χ4n) is 1.65. The summed E-state index contributed by atoms with van der Waals surface area (Å²) in [6.45, 7) is 2.68. The Kier molecular flexibility index (Phi) is 7.89. The lowest BCUT2D eigenvalue weighted by Crippen LogP contribution is -2.33. The van der Waals surface area contributed by atoms with Gasteiger partial charge in [0.1, 0.15) is 12.6 Å². The third kappa shape index (κ3) is 7.31. The highest BCUT2D eigenvalue weighted by atomic mass is 16.5. The minimum atomic E-state index is -0.646. The van der Waals surface area contributed by atoms with Crippen LogP contribution in [0.3, 0.4) is 0 Å². The van der Waals surface area contributed by atoms with E-state index in [-0.39, 0.29) is 6.61 Å². The Morgan fingerprint density at radius 1 is 1.24 bits per heavy atom. The molecule has 0 aromatic heterocycles. The molecule has 3 N–H and O–H groups in total. The molecule has 0 fully saturated rings. The summed E-state index contributed by atoms with van der Waals surface area (Å²) >= 11 is 0. The number of amides is 1. The molecule has 0 saturated carbocycles. The summed E-state index contributed by atoms with van der Waals surface area (Å²) in [5.41, 5.74) is 6.56. The van der Waals surface area contributed by atoms with E-state index in [1.165, 1.54) is 0 Å². The molecule has 1 unspecified atom stereocenters. The molecule has 1 amide bonds. The van der Waals surface area contributed by atoms with Crippen molar-refractivity contribution in [1.82, 2.24) is 5.32 Å². The second-order valence-electron chi connectivity index (χ2n) is 4.49. The lowest BCUT2D eigenvalue weighted by Gasteiger charge is -2.11. The number of ether oxygens (including phenoxy) is 2. The Hall–Kier alpha value is -2.08. The molecule has 0 heterocycles. The van der Waals surface area contributed by atoms with Crippen LogP contribution in [0.5, 0.6) is 0 Å². The number of esters is 1. The van der Waals surface area contributed by atoms with Crippen molar-refractivity contribution in [3.8, 4) is 0 Å². The Bertz CT molecular complexity index is 437. The molecule has 0 bridgehead atoms. The molecule has 0 aliphatic heterocycles. The molecule has 6 heteroatoms. The van der Waals surface area contributed by atoms with Crippen LogP contribution in [-0.2, 0) is 20.9 Å². The molecule has 0 aliphatic rings. The normalized spacial score (nSPS) is 11.5. The second kappa shape index (κ2) is 9.77. The molecular formula is C15H22N2O4. The molecule has 1 aromatic rings. The average Bonchev–Trinajstić information content (AvgIpc) is 2.50. The van der Waals surface area contributed by atoms with Crippen LogP contribution in [0, 0.1) is 0 Å². The molecule has 1 atom stereocenters. The molecule has 0 saturated heterocycles. The highest BCUT2D eigenvalue weighted by Gasteiger charge is 2.13. The Labute approximate surface area is 124 Å². The summed E-state index contributed by atoms with van der Waals surface area (Å²) in [5.74, 6) is -0.413. The number of hydrogen-bond donors (Lipinski definition) is 2. The van der Waals surface area contributed by atoms with E-state index in [9.17, 15) is 9.59 Å². The van der Waals surface area contributed by atoms with E-state index in [4.69, 9.17) is 15.2 Å². The molecule has 0 aliphatic carbocycles. The lowest BCUT2D eigenvalue weighted by atomic mass is 10.2. The maximum Gasteiger partial charge on any atom is 0.407 e. The molecule has 0 spiro atoms. The third-order valence-corrected chi connectivity index (χ3v) is 2.76. The highest BCUT2D eigenvalue weighted by molar-refractivity contribution is 5.75. The maximum atomic E-state index is 11.4. The zero-order valence-electron chi connectivity index (χ0n) is 12.2. The standard InChI is InChI=1S/C15H22N2O4/c1-2-20-14(18)13(16)9-6-10-17-15(19)21-11-12-7-4-3-5-8-12/h3-5,7-8,13H,2,6,9-11,16H2,1H3,(H,17,19). The van der Waals surface area contributed by atoms with Crippen LogP contribution in [-0.4, -0.2) is 31.3 Å². The first-order chi connectivity index (χ1) is 10.1. The summed E-state index contributed by atoms with van der Waals surface area (Å²) < 4.78 is 9.84. The van der Waals surface area contributed by atoms with Gasteiger partial charge in [-0.1, -0.05) is 30.3 Å². The average molecular weight is 294 g/mol. The molecule has 116 valence electrons. The van der Waals surface area contributed by atoms with Crippen LogP contribution in [0.4, 0.5) is 4.79 Å². The van der Waals surface area contributed by atoms with E-state index in [1.54, 1.807) is 6.92 Å². The van der Waals surface area contributed by atoms with Gasteiger partial charge in [-0.15, -0.1) is 0 Å². The van der Waals surface area contributed by atoms with Crippen molar-refractivity contribution in [1.29, 1.82) is 0 Å². The Morgan fingerprint density at radius 2 is 1.95 bits per heavy atom. The Morgan fingerprint density at radius 3 is 2.62 bits per heavy atom. The summed E-state index contributed by atoms with van der Waals surface area (Å²) in [5, 5.41) is 2.61. The topological polar surface area (TPSA) is 90.6 Å². The number of carbonyl (C=O) groups excluding carboxylic acids is 2. The van der Waals surface area contributed by atoms with E-state index in [2.05, 4.69) is 5.32 Å². The zero-order valence-corrected chi connectivity index (χ0v) is 12.2.